The number of benzene rings is 2. The van der Waals surface area contributed by atoms with E-state index in [1.165, 1.54) is 6.07 Å². The molecule has 0 amide bonds. The minimum absolute atomic E-state index is 0.0547. The third kappa shape index (κ3) is 3.50. The summed E-state index contributed by atoms with van der Waals surface area (Å²) in [6.07, 6.45) is 2.14. The van der Waals surface area contributed by atoms with Crippen LogP contribution >= 0.6 is 0 Å². The Morgan fingerprint density at radius 1 is 1.17 bits per heavy atom. The molecule has 124 valence electrons. The summed E-state index contributed by atoms with van der Waals surface area (Å²) in [5.41, 5.74) is 1.32. The topological polar surface area (TPSA) is 61.2 Å². The molecule has 0 spiro atoms. The first-order chi connectivity index (χ1) is 11.5. The summed E-state index contributed by atoms with van der Waals surface area (Å²) in [5, 5.41) is 9.05. The van der Waals surface area contributed by atoms with Crippen molar-refractivity contribution in [2.24, 2.45) is 5.92 Å². The molecule has 0 aliphatic heterocycles. The van der Waals surface area contributed by atoms with E-state index < -0.39 is 10.0 Å². The predicted octanol–water partition coefficient (Wildman–Crippen LogP) is 3.55. The van der Waals surface area contributed by atoms with Gasteiger partial charge in [0.2, 0.25) is 10.0 Å². The SMILES string of the molecule is C[C@@H](C1CC1)N(Cc1ccccc1)S(=O)(=O)c1cccc(C#N)c1. The number of nitriles is 1. The molecule has 5 heteroatoms. The standard InChI is InChI=1S/C19H20N2O2S/c1-15(18-10-11-18)21(14-16-6-3-2-4-7-16)24(22,23)19-9-5-8-17(12-19)13-20/h2-9,12,15,18H,10-11,14H2,1H3/t15-/m0/s1. The smallest absolute Gasteiger partial charge is 0.207 e. The predicted molar refractivity (Wildman–Crippen MR) is 92.5 cm³/mol. The molecule has 24 heavy (non-hydrogen) atoms. The first kappa shape index (κ1) is 16.7. The molecular formula is C19H20N2O2S. The average molecular weight is 340 g/mol. The molecule has 0 N–H and O–H groups in total. The summed E-state index contributed by atoms with van der Waals surface area (Å²) in [4.78, 5) is 0.185. The van der Waals surface area contributed by atoms with Gasteiger partial charge in [-0.2, -0.15) is 9.57 Å². The molecule has 0 bridgehead atoms. The van der Waals surface area contributed by atoms with Crippen LogP contribution in [0, 0.1) is 17.2 Å². The maximum absolute atomic E-state index is 13.2. The van der Waals surface area contributed by atoms with Gasteiger partial charge in [0.25, 0.3) is 0 Å². The van der Waals surface area contributed by atoms with Crippen molar-refractivity contribution in [3.63, 3.8) is 0 Å². The van der Waals surface area contributed by atoms with E-state index in [-0.39, 0.29) is 10.9 Å². The zero-order valence-electron chi connectivity index (χ0n) is 13.6. The second-order valence-corrected chi connectivity index (χ2v) is 8.14. The molecule has 2 aromatic rings. The average Bonchev–Trinajstić information content (AvgIpc) is 3.45. The van der Waals surface area contributed by atoms with E-state index in [1.54, 1.807) is 22.5 Å². The molecule has 1 aliphatic rings. The Bertz CT molecular complexity index is 852. The number of hydrogen-bond acceptors (Lipinski definition) is 3. The number of rotatable bonds is 6. The van der Waals surface area contributed by atoms with Crippen molar-refractivity contribution < 1.29 is 8.42 Å². The minimum Gasteiger partial charge on any atom is -0.207 e. The van der Waals surface area contributed by atoms with Crippen LogP contribution < -0.4 is 0 Å². The Hall–Kier alpha value is -2.16. The van der Waals surface area contributed by atoms with E-state index in [1.807, 2.05) is 43.3 Å². The van der Waals surface area contributed by atoms with Crippen molar-refractivity contribution in [1.29, 1.82) is 5.26 Å². The van der Waals surface area contributed by atoms with Gasteiger partial charge >= 0.3 is 0 Å². The first-order valence-corrected chi connectivity index (χ1v) is 9.52. The Kier molecular flexibility index (Phi) is 4.70. The lowest BCUT2D eigenvalue weighted by molar-refractivity contribution is 0.303. The lowest BCUT2D eigenvalue weighted by Crippen LogP contribution is -2.39. The van der Waals surface area contributed by atoms with E-state index in [0.717, 1.165) is 18.4 Å². The van der Waals surface area contributed by atoms with Crippen molar-refractivity contribution in [3.05, 3.63) is 65.7 Å². The van der Waals surface area contributed by atoms with Gasteiger partial charge in [0.1, 0.15) is 0 Å². The normalized spacial score (nSPS) is 15.9. The van der Waals surface area contributed by atoms with Crippen molar-refractivity contribution in [1.82, 2.24) is 4.31 Å². The highest BCUT2D eigenvalue weighted by Crippen LogP contribution is 2.37. The number of hydrogen-bond donors (Lipinski definition) is 0. The maximum Gasteiger partial charge on any atom is 0.243 e. The third-order valence-electron chi connectivity index (χ3n) is 4.51. The molecule has 3 rings (SSSR count). The summed E-state index contributed by atoms with van der Waals surface area (Å²) in [5.74, 6) is 0.419. The monoisotopic (exact) mass is 340 g/mol. The molecule has 0 unspecified atom stereocenters. The molecule has 0 radical (unpaired) electrons. The van der Waals surface area contributed by atoms with Crippen LogP contribution in [0.25, 0.3) is 0 Å². The zero-order chi connectivity index (χ0) is 17.2. The van der Waals surface area contributed by atoms with Gasteiger partial charge in [-0.15, -0.1) is 0 Å². The number of sulfonamides is 1. The second kappa shape index (κ2) is 6.76. The molecule has 0 aromatic heterocycles. The highest BCUT2D eigenvalue weighted by Gasteiger charge is 2.38. The van der Waals surface area contributed by atoms with Crippen LogP contribution in [-0.4, -0.2) is 18.8 Å². The van der Waals surface area contributed by atoms with Gasteiger partial charge in [-0.25, -0.2) is 8.42 Å². The summed E-state index contributed by atoms with van der Waals surface area (Å²) in [7, 11) is -3.65. The van der Waals surface area contributed by atoms with Crippen molar-refractivity contribution in [2.75, 3.05) is 0 Å². The fraction of sp³-hybridized carbons (Fsp3) is 0.316. The van der Waals surface area contributed by atoms with Crippen LogP contribution in [0.5, 0.6) is 0 Å². The summed E-state index contributed by atoms with van der Waals surface area (Å²) in [6, 6.07) is 17.8. The molecule has 4 nitrogen and oxygen atoms in total. The van der Waals surface area contributed by atoms with Gasteiger partial charge in [0.15, 0.2) is 0 Å². The van der Waals surface area contributed by atoms with Gasteiger partial charge in [-0.1, -0.05) is 36.4 Å². The molecule has 1 saturated carbocycles. The summed E-state index contributed by atoms with van der Waals surface area (Å²) >= 11 is 0. The van der Waals surface area contributed by atoms with Crippen molar-refractivity contribution in [3.8, 4) is 6.07 Å². The van der Waals surface area contributed by atoms with Crippen LogP contribution in [-0.2, 0) is 16.6 Å². The summed E-state index contributed by atoms with van der Waals surface area (Å²) < 4.78 is 28.0. The van der Waals surface area contributed by atoms with Gasteiger partial charge in [-0.05, 0) is 49.4 Å². The van der Waals surface area contributed by atoms with E-state index in [0.29, 0.717) is 18.0 Å². The molecule has 2 aromatic carbocycles. The van der Waals surface area contributed by atoms with Gasteiger partial charge < -0.3 is 0 Å². The highest BCUT2D eigenvalue weighted by atomic mass is 32.2. The Morgan fingerprint density at radius 2 is 1.88 bits per heavy atom. The lowest BCUT2D eigenvalue weighted by Gasteiger charge is -2.28. The van der Waals surface area contributed by atoms with Gasteiger partial charge in [-0.3, -0.25) is 0 Å². The van der Waals surface area contributed by atoms with Crippen LogP contribution in [0.4, 0.5) is 0 Å². The van der Waals surface area contributed by atoms with Crippen LogP contribution in [0.3, 0.4) is 0 Å². The molecule has 1 aliphatic carbocycles. The number of nitrogens with zero attached hydrogens (tertiary/aromatic N) is 2. The molecule has 0 saturated heterocycles. The van der Waals surface area contributed by atoms with Crippen molar-refractivity contribution >= 4 is 10.0 Å². The molecular weight excluding hydrogens is 320 g/mol. The highest BCUT2D eigenvalue weighted by molar-refractivity contribution is 7.89. The second-order valence-electron chi connectivity index (χ2n) is 6.25. The van der Waals surface area contributed by atoms with E-state index in [2.05, 4.69) is 0 Å². The fourth-order valence-corrected chi connectivity index (χ4v) is 4.61. The molecule has 1 fully saturated rings. The third-order valence-corrected chi connectivity index (χ3v) is 6.44. The zero-order valence-corrected chi connectivity index (χ0v) is 14.4. The van der Waals surface area contributed by atoms with Crippen LogP contribution in [0.2, 0.25) is 0 Å². The first-order valence-electron chi connectivity index (χ1n) is 8.08. The Balaban J connectivity index is 1.98. The Morgan fingerprint density at radius 3 is 2.50 bits per heavy atom. The lowest BCUT2D eigenvalue weighted by atomic mass is 10.2. The van der Waals surface area contributed by atoms with Crippen molar-refractivity contribution in [2.45, 2.75) is 37.2 Å². The minimum atomic E-state index is -3.65. The molecule has 0 heterocycles. The van der Waals surface area contributed by atoms with E-state index >= 15 is 0 Å². The maximum atomic E-state index is 13.2. The van der Waals surface area contributed by atoms with E-state index in [4.69, 9.17) is 5.26 Å². The largest absolute Gasteiger partial charge is 0.243 e. The Labute approximate surface area is 143 Å². The quantitative estimate of drug-likeness (QED) is 0.808. The van der Waals surface area contributed by atoms with Crippen LogP contribution in [0.15, 0.2) is 59.5 Å². The molecule has 1 atom stereocenters. The van der Waals surface area contributed by atoms with E-state index in [9.17, 15) is 8.42 Å². The van der Waals surface area contributed by atoms with Gasteiger partial charge in [0.05, 0.1) is 16.5 Å². The van der Waals surface area contributed by atoms with Crippen LogP contribution in [0.1, 0.15) is 30.9 Å². The fourth-order valence-electron chi connectivity index (χ4n) is 2.89. The van der Waals surface area contributed by atoms with Gasteiger partial charge in [0, 0.05) is 12.6 Å². The summed E-state index contributed by atoms with van der Waals surface area (Å²) in [6.45, 7) is 2.32.